The van der Waals surface area contributed by atoms with Crippen LogP contribution >= 0.6 is 0 Å². The summed E-state index contributed by atoms with van der Waals surface area (Å²) in [5.41, 5.74) is 0. The van der Waals surface area contributed by atoms with Crippen molar-refractivity contribution in [3.8, 4) is 11.8 Å². The number of esters is 1. The summed E-state index contributed by atoms with van der Waals surface area (Å²) in [6.07, 6.45) is 14.9. The third-order valence-corrected chi connectivity index (χ3v) is 4.54. The second kappa shape index (κ2) is 15.0. The van der Waals surface area contributed by atoms with E-state index < -0.39 is 8.32 Å². The van der Waals surface area contributed by atoms with Gasteiger partial charge in [-0.05, 0) is 70.7 Å². The molecule has 4 heteroatoms. The Kier molecular flexibility index (Phi) is 14.2. The zero-order valence-corrected chi connectivity index (χ0v) is 17.6. The van der Waals surface area contributed by atoms with Crippen molar-refractivity contribution in [1.29, 1.82) is 0 Å². The van der Waals surface area contributed by atoms with Gasteiger partial charge in [-0.25, -0.2) is 0 Å². The highest BCUT2D eigenvalue weighted by atomic mass is 28.4. The van der Waals surface area contributed by atoms with Crippen molar-refractivity contribution in [2.45, 2.75) is 83.5 Å². The lowest BCUT2D eigenvalue weighted by molar-refractivity contribution is -0.140. The Balaban J connectivity index is 4.21. The topological polar surface area (TPSA) is 35.5 Å². The van der Waals surface area contributed by atoms with Crippen LogP contribution in [-0.4, -0.2) is 27.5 Å². The van der Waals surface area contributed by atoms with E-state index in [1.54, 1.807) is 0 Å². The highest BCUT2D eigenvalue weighted by molar-refractivity contribution is 6.69. The van der Waals surface area contributed by atoms with Gasteiger partial charge in [0.15, 0.2) is 8.32 Å². The lowest BCUT2D eigenvalue weighted by Gasteiger charge is -2.22. The average Bonchev–Trinajstić information content (AvgIpc) is 2.55. The molecule has 3 nitrogen and oxygen atoms in total. The lowest BCUT2D eigenvalue weighted by atomic mass is 10.1. The van der Waals surface area contributed by atoms with Crippen molar-refractivity contribution >= 4 is 14.3 Å². The number of methoxy groups -OCH3 is 1. The Hall–Kier alpha value is -1.31. The monoisotopic (exact) mass is 364 g/mol. The first-order valence-electron chi connectivity index (χ1n) is 9.40. The average molecular weight is 365 g/mol. The number of hydrogen-bond donors (Lipinski definition) is 0. The van der Waals surface area contributed by atoms with Crippen LogP contribution in [0.5, 0.6) is 0 Å². The van der Waals surface area contributed by atoms with Crippen LogP contribution in [0, 0.1) is 11.8 Å². The van der Waals surface area contributed by atoms with Gasteiger partial charge in [-0.3, -0.25) is 4.79 Å². The first-order valence-corrected chi connectivity index (χ1v) is 12.8. The Morgan fingerprint density at radius 2 is 1.84 bits per heavy atom. The van der Waals surface area contributed by atoms with Gasteiger partial charge in [0, 0.05) is 6.42 Å². The summed E-state index contributed by atoms with van der Waals surface area (Å²) in [6.45, 7) is 10.3. The molecule has 0 fully saturated rings. The number of hydrogen-bond acceptors (Lipinski definition) is 3. The van der Waals surface area contributed by atoms with Crippen LogP contribution < -0.4 is 0 Å². The minimum absolute atomic E-state index is 0.00444. The van der Waals surface area contributed by atoms with Crippen molar-refractivity contribution in [2.75, 3.05) is 7.11 Å². The molecule has 0 rings (SSSR count). The molecule has 0 saturated heterocycles. The zero-order chi connectivity index (χ0) is 19.0. The number of carbonyl (C=O) groups is 1. The number of allylic oxidation sites excluding steroid dienone is 3. The fourth-order valence-corrected chi connectivity index (χ4v) is 3.33. The van der Waals surface area contributed by atoms with Gasteiger partial charge in [-0.15, -0.1) is 6.58 Å². The maximum absolute atomic E-state index is 11.1. The summed E-state index contributed by atoms with van der Waals surface area (Å²) in [7, 11) is -0.180. The molecule has 1 atom stereocenters. The van der Waals surface area contributed by atoms with Gasteiger partial charge in [0.05, 0.1) is 7.11 Å². The van der Waals surface area contributed by atoms with Gasteiger partial charge in [-0.1, -0.05) is 30.4 Å². The SMILES string of the molecule is C=CCCCCC=CC#CC(CCCCCC(=O)OC)O[Si](C)(C)C. The molecule has 0 bridgehead atoms. The van der Waals surface area contributed by atoms with Crippen LogP contribution in [0.2, 0.25) is 19.6 Å². The fraction of sp³-hybridized carbons (Fsp3) is 0.667. The highest BCUT2D eigenvalue weighted by Gasteiger charge is 2.19. The molecule has 142 valence electrons. The summed E-state index contributed by atoms with van der Waals surface area (Å²) >= 11 is 0. The normalized spacial score (nSPS) is 12.5. The molecule has 0 aliphatic carbocycles. The van der Waals surface area contributed by atoms with Crippen molar-refractivity contribution in [3.05, 3.63) is 24.8 Å². The smallest absolute Gasteiger partial charge is 0.305 e. The third-order valence-electron chi connectivity index (χ3n) is 3.55. The fourth-order valence-electron chi connectivity index (χ4n) is 2.30. The molecule has 25 heavy (non-hydrogen) atoms. The highest BCUT2D eigenvalue weighted by Crippen LogP contribution is 2.14. The number of carbonyl (C=O) groups excluding carboxylic acids is 1. The largest absolute Gasteiger partial charge is 0.469 e. The Bertz CT molecular complexity index is 452. The van der Waals surface area contributed by atoms with E-state index in [0.29, 0.717) is 6.42 Å². The Morgan fingerprint density at radius 1 is 1.12 bits per heavy atom. The second-order valence-corrected chi connectivity index (χ2v) is 11.6. The van der Waals surface area contributed by atoms with E-state index in [-0.39, 0.29) is 12.1 Å². The molecule has 0 N–H and O–H groups in total. The van der Waals surface area contributed by atoms with Crippen LogP contribution in [-0.2, 0) is 14.0 Å². The van der Waals surface area contributed by atoms with Crippen molar-refractivity contribution in [2.24, 2.45) is 0 Å². The van der Waals surface area contributed by atoms with E-state index in [2.05, 4.69) is 48.9 Å². The van der Waals surface area contributed by atoms with E-state index >= 15 is 0 Å². The first kappa shape index (κ1) is 23.7. The van der Waals surface area contributed by atoms with Crippen LogP contribution in [0.1, 0.15) is 57.8 Å². The Labute approximate surface area is 156 Å². The van der Waals surface area contributed by atoms with E-state index in [1.165, 1.54) is 20.0 Å². The summed E-state index contributed by atoms with van der Waals surface area (Å²) in [4.78, 5) is 11.1. The molecular formula is C21H36O3Si. The number of rotatable bonds is 13. The summed E-state index contributed by atoms with van der Waals surface area (Å²) in [6, 6.07) is 0. The third kappa shape index (κ3) is 17.3. The molecular weight excluding hydrogens is 328 g/mol. The molecule has 0 radical (unpaired) electrons. The van der Waals surface area contributed by atoms with Crippen LogP contribution in [0.25, 0.3) is 0 Å². The van der Waals surface area contributed by atoms with Crippen LogP contribution in [0.15, 0.2) is 24.8 Å². The molecule has 0 amide bonds. The lowest BCUT2D eigenvalue weighted by Crippen LogP contribution is -2.31. The second-order valence-electron chi connectivity index (χ2n) is 7.16. The quantitative estimate of drug-likeness (QED) is 0.140. The van der Waals surface area contributed by atoms with Crippen LogP contribution in [0.3, 0.4) is 0 Å². The molecule has 0 aromatic carbocycles. The molecule has 0 aromatic heterocycles. The predicted molar refractivity (Wildman–Crippen MR) is 109 cm³/mol. The van der Waals surface area contributed by atoms with Crippen molar-refractivity contribution in [3.63, 3.8) is 0 Å². The maximum atomic E-state index is 11.1. The summed E-state index contributed by atoms with van der Waals surface area (Å²) in [5.74, 6) is 6.27. The summed E-state index contributed by atoms with van der Waals surface area (Å²) in [5, 5.41) is 0. The van der Waals surface area contributed by atoms with Gasteiger partial charge in [0.1, 0.15) is 6.10 Å². The maximum Gasteiger partial charge on any atom is 0.305 e. The number of ether oxygens (including phenoxy) is 1. The van der Waals surface area contributed by atoms with Gasteiger partial charge in [0.2, 0.25) is 0 Å². The van der Waals surface area contributed by atoms with Gasteiger partial charge < -0.3 is 9.16 Å². The minimum Gasteiger partial charge on any atom is -0.469 e. The molecule has 0 aromatic rings. The van der Waals surface area contributed by atoms with Gasteiger partial charge >= 0.3 is 5.97 Å². The molecule has 1 unspecified atom stereocenters. The molecule has 0 aliphatic rings. The van der Waals surface area contributed by atoms with E-state index in [0.717, 1.165) is 38.5 Å². The Morgan fingerprint density at radius 3 is 2.48 bits per heavy atom. The van der Waals surface area contributed by atoms with E-state index in [4.69, 9.17) is 4.43 Å². The van der Waals surface area contributed by atoms with Crippen LogP contribution in [0.4, 0.5) is 0 Å². The molecule has 0 saturated carbocycles. The molecule has 0 aliphatic heterocycles. The first-order chi connectivity index (χ1) is 11.9. The standard InChI is InChI=1S/C21H36O3Si/c1-6-7-8-9-10-11-12-14-17-20(24-25(3,4)5)18-15-13-16-19-21(22)23-2/h6,11-12,20H,1,7-10,13,15-16,18-19H2,2-5H3. The molecule has 0 heterocycles. The minimum atomic E-state index is -1.61. The predicted octanol–water partition coefficient (Wildman–Crippen LogP) is 5.64. The molecule has 0 spiro atoms. The van der Waals surface area contributed by atoms with Crippen molar-refractivity contribution < 1.29 is 14.0 Å². The van der Waals surface area contributed by atoms with Gasteiger partial charge in [-0.2, -0.15) is 0 Å². The zero-order valence-electron chi connectivity index (χ0n) is 16.6. The van der Waals surface area contributed by atoms with Gasteiger partial charge in [0.25, 0.3) is 0 Å². The van der Waals surface area contributed by atoms with E-state index in [1.807, 2.05) is 12.2 Å². The number of unbranched alkanes of at least 4 members (excludes halogenated alkanes) is 5. The van der Waals surface area contributed by atoms with Crippen molar-refractivity contribution in [1.82, 2.24) is 0 Å². The summed E-state index contributed by atoms with van der Waals surface area (Å²) < 4.78 is 10.8. The van der Waals surface area contributed by atoms with E-state index in [9.17, 15) is 4.79 Å².